The minimum Gasteiger partial charge on any atom is -0.326 e. The van der Waals surface area contributed by atoms with Gasteiger partial charge in [0, 0.05) is 23.7 Å². The Labute approximate surface area is 151 Å². The van der Waals surface area contributed by atoms with E-state index in [9.17, 15) is 9.59 Å². The van der Waals surface area contributed by atoms with Crippen LogP contribution >= 0.6 is 11.6 Å². The highest BCUT2D eigenvalue weighted by Crippen LogP contribution is 2.37. The average molecular weight is 355 g/mol. The van der Waals surface area contributed by atoms with Gasteiger partial charge in [0.1, 0.15) is 0 Å². The molecule has 2 amide bonds. The molecule has 25 heavy (non-hydrogen) atoms. The summed E-state index contributed by atoms with van der Waals surface area (Å²) < 4.78 is 0. The van der Waals surface area contributed by atoms with Crippen molar-refractivity contribution in [3.05, 3.63) is 58.1 Å². The highest BCUT2D eigenvalue weighted by Gasteiger charge is 2.29. The highest BCUT2D eigenvalue weighted by atomic mass is 35.5. The summed E-state index contributed by atoms with van der Waals surface area (Å²) in [5.41, 5.74) is 5.16. The standard InChI is InChI=1S/C20H19ClN2O2/c21-16-6-3-13(4-7-16)10-18(24)22-17-11-14-2-1-9-23-19(25)8-5-15(12-17)20(14)23/h3-4,6-7,11-12H,1-2,5,8-10H2,(H,22,24). The van der Waals surface area contributed by atoms with Gasteiger partial charge in [-0.1, -0.05) is 23.7 Å². The largest absolute Gasteiger partial charge is 0.326 e. The second-order valence-electron chi connectivity index (χ2n) is 6.64. The first-order valence-corrected chi connectivity index (χ1v) is 8.98. The first kappa shape index (κ1) is 16.2. The number of nitrogens with one attached hydrogen (secondary N) is 1. The third-order valence-electron chi connectivity index (χ3n) is 4.84. The second-order valence-corrected chi connectivity index (χ2v) is 7.08. The molecule has 128 valence electrons. The second kappa shape index (κ2) is 6.52. The van der Waals surface area contributed by atoms with E-state index in [4.69, 9.17) is 11.6 Å². The highest BCUT2D eigenvalue weighted by molar-refractivity contribution is 6.30. The number of rotatable bonds is 3. The van der Waals surface area contributed by atoms with Gasteiger partial charge in [-0.25, -0.2) is 0 Å². The van der Waals surface area contributed by atoms with Crippen molar-refractivity contribution in [1.82, 2.24) is 0 Å². The molecule has 4 nitrogen and oxygen atoms in total. The Morgan fingerprint density at radius 3 is 2.56 bits per heavy atom. The fraction of sp³-hybridized carbons (Fsp3) is 0.300. The monoisotopic (exact) mass is 354 g/mol. The quantitative estimate of drug-likeness (QED) is 0.912. The van der Waals surface area contributed by atoms with Crippen LogP contribution in [0.4, 0.5) is 11.4 Å². The Balaban J connectivity index is 1.54. The van der Waals surface area contributed by atoms with Gasteiger partial charge in [-0.15, -0.1) is 0 Å². The molecule has 0 saturated carbocycles. The molecule has 0 saturated heterocycles. The molecule has 2 heterocycles. The number of amides is 2. The predicted octanol–water partition coefficient (Wildman–Crippen LogP) is 3.75. The maximum absolute atomic E-state index is 12.4. The van der Waals surface area contributed by atoms with Gasteiger partial charge in [0.25, 0.3) is 0 Å². The molecule has 2 aliphatic rings. The molecule has 2 aromatic rings. The molecule has 5 heteroatoms. The van der Waals surface area contributed by atoms with E-state index >= 15 is 0 Å². The van der Waals surface area contributed by atoms with Gasteiger partial charge in [-0.05, 0) is 60.2 Å². The minimum absolute atomic E-state index is 0.0472. The van der Waals surface area contributed by atoms with Crippen LogP contribution in [0, 0.1) is 0 Å². The van der Waals surface area contributed by atoms with Crippen LogP contribution < -0.4 is 10.2 Å². The summed E-state index contributed by atoms with van der Waals surface area (Å²) in [5.74, 6) is 0.169. The van der Waals surface area contributed by atoms with Gasteiger partial charge in [0.05, 0.1) is 12.1 Å². The van der Waals surface area contributed by atoms with Gasteiger partial charge in [-0.3, -0.25) is 9.59 Å². The summed E-state index contributed by atoms with van der Waals surface area (Å²) in [6, 6.07) is 11.3. The van der Waals surface area contributed by atoms with E-state index in [1.807, 2.05) is 29.2 Å². The van der Waals surface area contributed by atoms with E-state index < -0.39 is 0 Å². The lowest BCUT2D eigenvalue weighted by Crippen LogP contribution is -2.39. The third-order valence-corrected chi connectivity index (χ3v) is 5.09. The maximum Gasteiger partial charge on any atom is 0.228 e. The number of nitrogens with zero attached hydrogens (tertiary/aromatic N) is 1. The Bertz CT molecular complexity index is 828. The minimum atomic E-state index is -0.0472. The molecule has 0 atom stereocenters. The summed E-state index contributed by atoms with van der Waals surface area (Å²) in [5, 5.41) is 3.67. The van der Waals surface area contributed by atoms with Crippen LogP contribution in [0.5, 0.6) is 0 Å². The molecule has 0 aromatic heterocycles. The Hall–Kier alpha value is -2.33. The predicted molar refractivity (Wildman–Crippen MR) is 99.2 cm³/mol. The van der Waals surface area contributed by atoms with E-state index in [1.54, 1.807) is 12.1 Å². The summed E-state index contributed by atoms with van der Waals surface area (Å²) in [4.78, 5) is 26.4. The van der Waals surface area contributed by atoms with Gasteiger partial charge < -0.3 is 10.2 Å². The summed E-state index contributed by atoms with van der Waals surface area (Å²) in [6.07, 6.45) is 3.54. The number of halogens is 1. The van der Waals surface area contributed by atoms with E-state index in [-0.39, 0.29) is 11.8 Å². The summed E-state index contributed by atoms with van der Waals surface area (Å²) in [6.45, 7) is 0.807. The molecule has 0 radical (unpaired) electrons. The molecule has 2 aromatic carbocycles. The summed E-state index contributed by atoms with van der Waals surface area (Å²) in [7, 11) is 0. The van der Waals surface area contributed by atoms with Crippen LogP contribution in [-0.4, -0.2) is 18.4 Å². The maximum atomic E-state index is 12.4. The fourth-order valence-electron chi connectivity index (χ4n) is 3.72. The van der Waals surface area contributed by atoms with Crippen molar-refractivity contribution < 1.29 is 9.59 Å². The smallest absolute Gasteiger partial charge is 0.228 e. The first-order chi connectivity index (χ1) is 12.1. The Kier molecular flexibility index (Phi) is 4.22. The molecule has 2 aliphatic heterocycles. The number of hydrogen-bond acceptors (Lipinski definition) is 2. The van der Waals surface area contributed by atoms with Gasteiger partial charge in [0.15, 0.2) is 0 Å². The van der Waals surface area contributed by atoms with Crippen molar-refractivity contribution in [1.29, 1.82) is 0 Å². The normalized spacial score (nSPS) is 15.7. The van der Waals surface area contributed by atoms with Crippen molar-refractivity contribution in [3.63, 3.8) is 0 Å². The number of carbonyl (C=O) groups is 2. The molecule has 0 fully saturated rings. The fourth-order valence-corrected chi connectivity index (χ4v) is 3.84. The number of hydrogen-bond donors (Lipinski definition) is 1. The lowest BCUT2D eigenvalue weighted by atomic mass is 9.91. The number of benzene rings is 2. The third kappa shape index (κ3) is 3.27. The van der Waals surface area contributed by atoms with E-state index in [0.717, 1.165) is 42.7 Å². The SMILES string of the molecule is O=C(Cc1ccc(Cl)cc1)Nc1cc2c3c(c1)CCC(=O)N3CCC2. The van der Waals surface area contributed by atoms with Gasteiger partial charge in [-0.2, -0.15) is 0 Å². The van der Waals surface area contributed by atoms with Crippen molar-refractivity contribution in [2.75, 3.05) is 16.8 Å². The summed E-state index contributed by atoms with van der Waals surface area (Å²) >= 11 is 5.88. The Morgan fingerprint density at radius 2 is 1.80 bits per heavy atom. The molecule has 4 rings (SSSR count). The van der Waals surface area contributed by atoms with Gasteiger partial charge >= 0.3 is 0 Å². The molecule has 0 bridgehead atoms. The molecular weight excluding hydrogens is 336 g/mol. The van der Waals surface area contributed by atoms with Crippen LogP contribution in [0.15, 0.2) is 36.4 Å². The van der Waals surface area contributed by atoms with Crippen LogP contribution in [0.2, 0.25) is 5.02 Å². The molecule has 0 aliphatic carbocycles. The number of aryl methyl sites for hydroxylation is 2. The Morgan fingerprint density at radius 1 is 1.08 bits per heavy atom. The molecule has 1 N–H and O–H groups in total. The van der Waals surface area contributed by atoms with E-state index in [0.29, 0.717) is 17.9 Å². The van der Waals surface area contributed by atoms with Crippen LogP contribution in [0.1, 0.15) is 29.5 Å². The topological polar surface area (TPSA) is 49.4 Å². The molecule has 0 spiro atoms. The van der Waals surface area contributed by atoms with Crippen molar-refractivity contribution in [3.8, 4) is 0 Å². The van der Waals surface area contributed by atoms with E-state index in [1.165, 1.54) is 11.1 Å². The zero-order valence-corrected chi connectivity index (χ0v) is 14.6. The molecule has 0 unspecified atom stereocenters. The van der Waals surface area contributed by atoms with Crippen molar-refractivity contribution in [2.24, 2.45) is 0 Å². The lowest BCUT2D eigenvalue weighted by Gasteiger charge is -2.35. The van der Waals surface area contributed by atoms with Crippen molar-refractivity contribution in [2.45, 2.75) is 32.1 Å². The van der Waals surface area contributed by atoms with Gasteiger partial charge in [0.2, 0.25) is 11.8 Å². The van der Waals surface area contributed by atoms with Crippen molar-refractivity contribution >= 4 is 34.8 Å². The van der Waals surface area contributed by atoms with E-state index in [2.05, 4.69) is 5.32 Å². The molecular formula is C20H19ClN2O2. The lowest BCUT2D eigenvalue weighted by molar-refractivity contribution is -0.119. The van der Waals surface area contributed by atoms with Crippen LogP contribution in [0.3, 0.4) is 0 Å². The average Bonchev–Trinajstić information content (AvgIpc) is 2.60. The van der Waals surface area contributed by atoms with Crippen LogP contribution in [0.25, 0.3) is 0 Å². The zero-order valence-electron chi connectivity index (χ0n) is 13.8. The van der Waals surface area contributed by atoms with Crippen LogP contribution in [-0.2, 0) is 28.9 Å². The first-order valence-electron chi connectivity index (χ1n) is 8.60. The zero-order chi connectivity index (χ0) is 17.4. The number of anilines is 2. The number of carbonyl (C=O) groups excluding carboxylic acids is 2.